The maximum Gasteiger partial charge on any atom is 0.303 e. The number of aliphatic hydroxyl groups excluding tert-OH is 1. The van der Waals surface area contributed by atoms with Gasteiger partial charge >= 0.3 is 5.97 Å². The van der Waals surface area contributed by atoms with Gasteiger partial charge in [-0.1, -0.05) is 32.6 Å². The first-order valence-electron chi connectivity index (χ1n) is 6.38. The summed E-state index contributed by atoms with van der Waals surface area (Å²) in [6.07, 6.45) is 6.34. The van der Waals surface area contributed by atoms with Gasteiger partial charge in [-0.05, 0) is 26.7 Å². The summed E-state index contributed by atoms with van der Waals surface area (Å²) in [5, 5.41) is 25.4. The van der Waals surface area contributed by atoms with Crippen LogP contribution in [0.15, 0.2) is 0 Å². The Morgan fingerprint density at radius 2 is 1.65 bits per heavy atom. The zero-order valence-electron chi connectivity index (χ0n) is 11.4. The van der Waals surface area contributed by atoms with E-state index in [4.69, 9.17) is 15.3 Å². The maximum atomic E-state index is 10.0. The minimum atomic E-state index is -0.700. The van der Waals surface area contributed by atoms with Crippen LogP contribution in [0.3, 0.4) is 0 Å². The van der Waals surface area contributed by atoms with Crippen LogP contribution in [-0.2, 0) is 4.79 Å². The molecule has 0 spiro atoms. The van der Waals surface area contributed by atoms with Gasteiger partial charge in [0.15, 0.2) is 0 Å². The number of rotatable bonds is 8. The molecule has 4 heteroatoms. The average Bonchev–Trinajstić information content (AvgIpc) is 2.16. The predicted molar refractivity (Wildman–Crippen MR) is 69.0 cm³/mol. The molecule has 0 saturated heterocycles. The summed E-state index contributed by atoms with van der Waals surface area (Å²) in [6.45, 7) is 5.55. The molecule has 0 atom stereocenters. The van der Waals surface area contributed by atoms with Gasteiger partial charge in [0.1, 0.15) is 0 Å². The van der Waals surface area contributed by atoms with Crippen LogP contribution >= 0.6 is 0 Å². The highest BCUT2D eigenvalue weighted by atomic mass is 16.4. The van der Waals surface area contributed by atoms with E-state index in [0.717, 1.165) is 12.8 Å². The van der Waals surface area contributed by atoms with E-state index in [2.05, 4.69) is 6.92 Å². The van der Waals surface area contributed by atoms with Gasteiger partial charge in [0.2, 0.25) is 0 Å². The third-order valence-corrected chi connectivity index (χ3v) is 2.22. The second kappa shape index (κ2) is 11.9. The molecule has 0 aliphatic carbocycles. The van der Waals surface area contributed by atoms with E-state index in [0.29, 0.717) is 12.8 Å². The van der Waals surface area contributed by atoms with Crippen LogP contribution in [0.25, 0.3) is 0 Å². The normalized spacial score (nSPS) is 10.6. The van der Waals surface area contributed by atoms with Crippen molar-refractivity contribution in [1.82, 2.24) is 0 Å². The average molecular weight is 248 g/mol. The number of carboxylic acids is 1. The molecule has 0 radical (unpaired) electrons. The summed E-state index contributed by atoms with van der Waals surface area (Å²) >= 11 is 0. The van der Waals surface area contributed by atoms with Crippen LogP contribution in [-0.4, -0.2) is 33.5 Å². The number of hydrogen-bond acceptors (Lipinski definition) is 3. The summed E-state index contributed by atoms with van der Waals surface area (Å²) in [6, 6.07) is 0. The first kappa shape index (κ1) is 18.7. The number of carboxylic acid groups (broad SMARTS) is 1. The summed E-state index contributed by atoms with van der Waals surface area (Å²) < 4.78 is 0. The van der Waals surface area contributed by atoms with Gasteiger partial charge in [-0.15, -0.1) is 0 Å². The lowest BCUT2D eigenvalue weighted by Crippen LogP contribution is -2.19. The standard InChI is InChI=1S/C8H16O2.C5H12O2/c1-2-3-4-5-6-7-8(9)10;1-5(2,7)3-4-6/h2-7H2,1H3,(H,9,10);6-7H,3-4H2,1-2H3. The Balaban J connectivity index is 0. The van der Waals surface area contributed by atoms with Gasteiger partial charge in [0.05, 0.1) is 5.60 Å². The SMILES string of the molecule is CC(C)(O)CCO.CCCCCCCC(=O)O. The summed E-state index contributed by atoms with van der Waals surface area (Å²) in [4.78, 5) is 10.0. The number of hydrogen-bond donors (Lipinski definition) is 3. The van der Waals surface area contributed by atoms with E-state index >= 15 is 0 Å². The Hall–Kier alpha value is -0.610. The summed E-state index contributed by atoms with van der Waals surface area (Å²) in [5.41, 5.74) is -0.700. The van der Waals surface area contributed by atoms with Crippen molar-refractivity contribution in [3.8, 4) is 0 Å². The molecule has 0 aromatic rings. The van der Waals surface area contributed by atoms with E-state index in [-0.39, 0.29) is 6.61 Å². The number of aliphatic carboxylic acids is 1. The predicted octanol–water partition coefficient (Wildman–Crippen LogP) is 2.57. The molecule has 3 N–H and O–H groups in total. The fourth-order valence-corrected chi connectivity index (χ4v) is 1.15. The Bertz CT molecular complexity index is 173. The van der Waals surface area contributed by atoms with Crippen LogP contribution in [0.4, 0.5) is 0 Å². The van der Waals surface area contributed by atoms with E-state index in [1.807, 2.05) is 0 Å². The van der Waals surface area contributed by atoms with Crippen LogP contribution < -0.4 is 0 Å². The molecule has 17 heavy (non-hydrogen) atoms. The number of unbranched alkanes of at least 4 members (excludes halogenated alkanes) is 4. The fraction of sp³-hybridized carbons (Fsp3) is 0.923. The van der Waals surface area contributed by atoms with Gasteiger partial charge in [-0.2, -0.15) is 0 Å². The van der Waals surface area contributed by atoms with Crippen molar-refractivity contribution in [2.24, 2.45) is 0 Å². The highest BCUT2D eigenvalue weighted by Gasteiger charge is 2.09. The van der Waals surface area contributed by atoms with Gasteiger partial charge in [0, 0.05) is 13.0 Å². The first-order valence-corrected chi connectivity index (χ1v) is 6.38. The van der Waals surface area contributed by atoms with Gasteiger partial charge in [-0.25, -0.2) is 0 Å². The monoisotopic (exact) mass is 248 g/mol. The van der Waals surface area contributed by atoms with Crippen molar-refractivity contribution in [3.63, 3.8) is 0 Å². The van der Waals surface area contributed by atoms with Crippen molar-refractivity contribution >= 4 is 5.97 Å². The maximum absolute atomic E-state index is 10.0. The zero-order valence-corrected chi connectivity index (χ0v) is 11.4. The fourth-order valence-electron chi connectivity index (χ4n) is 1.15. The Kier molecular flexibility index (Phi) is 13.1. The van der Waals surface area contributed by atoms with E-state index in [9.17, 15) is 4.79 Å². The smallest absolute Gasteiger partial charge is 0.303 e. The summed E-state index contributed by atoms with van der Waals surface area (Å²) in [5.74, 6) is -0.670. The Morgan fingerprint density at radius 3 is 1.94 bits per heavy atom. The quantitative estimate of drug-likeness (QED) is 0.577. The second-order valence-corrected chi connectivity index (χ2v) is 4.84. The van der Waals surface area contributed by atoms with Crippen molar-refractivity contribution < 1.29 is 20.1 Å². The third-order valence-electron chi connectivity index (χ3n) is 2.22. The molecule has 0 heterocycles. The molecule has 0 aliphatic rings. The molecule has 0 amide bonds. The van der Waals surface area contributed by atoms with E-state index in [1.54, 1.807) is 13.8 Å². The zero-order chi connectivity index (χ0) is 13.7. The van der Waals surface area contributed by atoms with Crippen LogP contribution in [0.2, 0.25) is 0 Å². The molecule has 0 fully saturated rings. The molecule has 0 bridgehead atoms. The van der Waals surface area contributed by atoms with Gasteiger partial charge < -0.3 is 15.3 Å². The van der Waals surface area contributed by atoms with E-state index < -0.39 is 11.6 Å². The minimum absolute atomic E-state index is 0.0590. The molecule has 0 unspecified atom stereocenters. The third kappa shape index (κ3) is 25.6. The van der Waals surface area contributed by atoms with Crippen LogP contribution in [0, 0.1) is 0 Å². The van der Waals surface area contributed by atoms with Gasteiger partial charge in [-0.3, -0.25) is 4.79 Å². The number of aliphatic hydroxyl groups is 2. The van der Waals surface area contributed by atoms with E-state index in [1.165, 1.54) is 19.3 Å². The van der Waals surface area contributed by atoms with Crippen molar-refractivity contribution in [2.45, 2.75) is 71.3 Å². The van der Waals surface area contributed by atoms with Gasteiger partial charge in [0.25, 0.3) is 0 Å². The highest BCUT2D eigenvalue weighted by Crippen LogP contribution is 2.04. The lowest BCUT2D eigenvalue weighted by atomic mass is 10.1. The molecule has 0 aliphatic heterocycles. The number of carbonyl (C=O) groups is 1. The lowest BCUT2D eigenvalue weighted by Gasteiger charge is -2.13. The molecule has 0 saturated carbocycles. The molecule has 104 valence electrons. The molecule has 0 aromatic carbocycles. The second-order valence-electron chi connectivity index (χ2n) is 4.84. The van der Waals surface area contributed by atoms with Crippen molar-refractivity contribution in [1.29, 1.82) is 0 Å². The minimum Gasteiger partial charge on any atom is -0.481 e. The largest absolute Gasteiger partial charge is 0.481 e. The highest BCUT2D eigenvalue weighted by molar-refractivity contribution is 5.66. The van der Waals surface area contributed by atoms with Crippen LogP contribution in [0.1, 0.15) is 65.7 Å². The Labute approximate surface area is 105 Å². The van der Waals surface area contributed by atoms with Crippen molar-refractivity contribution in [2.75, 3.05) is 6.61 Å². The summed E-state index contributed by atoms with van der Waals surface area (Å²) in [7, 11) is 0. The topological polar surface area (TPSA) is 77.8 Å². The lowest BCUT2D eigenvalue weighted by molar-refractivity contribution is -0.137. The van der Waals surface area contributed by atoms with Crippen LogP contribution in [0.5, 0.6) is 0 Å². The molecular weight excluding hydrogens is 220 g/mol. The molecule has 4 nitrogen and oxygen atoms in total. The molecule has 0 aromatic heterocycles. The Morgan fingerprint density at radius 1 is 1.12 bits per heavy atom. The molecule has 0 rings (SSSR count). The first-order chi connectivity index (χ1) is 7.83. The van der Waals surface area contributed by atoms with Crippen molar-refractivity contribution in [3.05, 3.63) is 0 Å². The molecular formula is C13H28O4.